The summed E-state index contributed by atoms with van der Waals surface area (Å²) in [7, 11) is -4.76. The van der Waals surface area contributed by atoms with Gasteiger partial charge in [-0.2, -0.15) is 8.42 Å². The van der Waals surface area contributed by atoms with Crippen LogP contribution in [-0.2, 0) is 29.2 Å². The summed E-state index contributed by atoms with van der Waals surface area (Å²) in [6.45, 7) is 8.35. The predicted molar refractivity (Wildman–Crippen MR) is 124 cm³/mol. The first-order chi connectivity index (χ1) is 13.2. The third-order valence-electron chi connectivity index (χ3n) is 5.00. The van der Waals surface area contributed by atoms with Gasteiger partial charge in [0.2, 0.25) is 0 Å². The van der Waals surface area contributed by atoms with Gasteiger partial charge in [0.1, 0.15) is 0 Å². The summed E-state index contributed by atoms with van der Waals surface area (Å²) in [5, 5.41) is -1.95. The number of hydrogen-bond donors (Lipinski definition) is 1. The fraction of sp³-hybridized carbons (Fsp3) is 0.900. The summed E-state index contributed by atoms with van der Waals surface area (Å²) in [5.41, 5.74) is 0. The topological polar surface area (TPSA) is 107 Å². The van der Waals surface area contributed by atoms with Crippen molar-refractivity contribution in [1.29, 1.82) is 0 Å². The van der Waals surface area contributed by atoms with Gasteiger partial charge in [0, 0.05) is 0 Å². The number of carbonyl (C=O) groups excluding carboxylic acids is 2. The van der Waals surface area contributed by atoms with Crippen molar-refractivity contribution in [3.8, 4) is 0 Å². The second-order valence-electron chi connectivity index (χ2n) is 7.35. The SMILES string of the molecule is CCCCC(CC)COC(=O)CC(C(=O)OCC(CC)CCCC)S(=O)(=O)O.[NaH].[PbH2]. The molecular weight excluding hydrogens is 614 g/mol. The summed E-state index contributed by atoms with van der Waals surface area (Å²) in [5.74, 6) is -1.61. The number of hydrogen-bond acceptors (Lipinski definition) is 6. The van der Waals surface area contributed by atoms with E-state index in [9.17, 15) is 22.6 Å². The summed E-state index contributed by atoms with van der Waals surface area (Å²) >= 11 is 0. The van der Waals surface area contributed by atoms with Crippen LogP contribution in [0.3, 0.4) is 0 Å². The van der Waals surface area contributed by atoms with Crippen LogP contribution in [0.2, 0.25) is 0 Å². The van der Waals surface area contributed by atoms with Crippen LogP contribution in [0.15, 0.2) is 0 Å². The predicted octanol–water partition coefficient (Wildman–Crippen LogP) is 2.59. The van der Waals surface area contributed by atoms with Crippen molar-refractivity contribution < 1.29 is 32.0 Å². The molecule has 0 aromatic carbocycles. The second kappa shape index (κ2) is 20.4. The van der Waals surface area contributed by atoms with Crippen LogP contribution >= 0.6 is 0 Å². The van der Waals surface area contributed by atoms with Crippen LogP contribution < -0.4 is 0 Å². The molecule has 3 unspecified atom stereocenters. The van der Waals surface area contributed by atoms with Crippen molar-refractivity contribution in [3.63, 3.8) is 0 Å². The van der Waals surface area contributed by atoms with E-state index in [4.69, 9.17) is 9.47 Å². The van der Waals surface area contributed by atoms with Gasteiger partial charge in [-0.15, -0.1) is 0 Å². The van der Waals surface area contributed by atoms with E-state index in [1.54, 1.807) is 0 Å². The van der Waals surface area contributed by atoms with Crippen molar-refractivity contribution in [2.45, 2.75) is 90.7 Å². The second-order valence-corrected chi connectivity index (χ2v) is 8.95. The standard InChI is InChI=1S/C20H38O7S.Na.Pb.3H/c1-5-9-11-16(7-3)14-26-19(21)13-18(28(23,24)25)20(22)27-15-17(8-4)12-10-6-2;;;;;/h16-18H,5-15H2,1-4H3,(H,23,24,25);;;;;. The van der Waals surface area contributed by atoms with Gasteiger partial charge in [0.05, 0.1) is 19.6 Å². The molecule has 0 aliphatic heterocycles. The first kappa shape index (κ1) is 35.4. The van der Waals surface area contributed by atoms with E-state index in [1.165, 1.54) is 0 Å². The molecule has 0 bridgehead atoms. The van der Waals surface area contributed by atoms with E-state index in [1.807, 2.05) is 13.8 Å². The molecule has 0 aliphatic rings. The molecule has 10 heteroatoms. The number of ether oxygens (including phenoxy) is 2. The third-order valence-corrected chi connectivity index (χ3v) is 6.08. The summed E-state index contributed by atoms with van der Waals surface area (Å²) in [6, 6.07) is 0. The molecule has 0 amide bonds. The van der Waals surface area contributed by atoms with Gasteiger partial charge < -0.3 is 9.47 Å². The van der Waals surface area contributed by atoms with Crippen molar-refractivity contribution >= 4 is 78.9 Å². The Labute approximate surface area is 225 Å². The fourth-order valence-corrected chi connectivity index (χ4v) is 3.48. The molecule has 3 atom stereocenters. The maximum absolute atomic E-state index is 12.2. The van der Waals surface area contributed by atoms with Crippen LogP contribution in [0, 0.1) is 11.8 Å². The minimum atomic E-state index is -4.76. The molecule has 0 saturated heterocycles. The van der Waals surface area contributed by atoms with Crippen LogP contribution in [0.1, 0.15) is 85.5 Å². The van der Waals surface area contributed by atoms with Gasteiger partial charge in [-0.1, -0.05) is 66.2 Å². The number of esters is 2. The third kappa shape index (κ3) is 16.4. The first-order valence-corrected chi connectivity index (χ1v) is 12.0. The van der Waals surface area contributed by atoms with Gasteiger partial charge in [-0.25, -0.2) is 0 Å². The quantitative estimate of drug-likeness (QED) is 0.155. The number of rotatable bonds is 16. The maximum atomic E-state index is 12.2. The van der Waals surface area contributed by atoms with E-state index in [0.29, 0.717) is 0 Å². The zero-order valence-corrected chi connectivity index (χ0v) is 24.8. The Kier molecular flexibility index (Phi) is 24.0. The molecular formula is C20H41NaO7PbS. The molecule has 0 aliphatic carbocycles. The van der Waals surface area contributed by atoms with Crippen molar-refractivity contribution in [2.24, 2.45) is 11.8 Å². The van der Waals surface area contributed by atoms with E-state index in [-0.39, 0.29) is 81.9 Å². The Morgan fingerprint density at radius 1 is 0.867 bits per heavy atom. The first-order valence-electron chi connectivity index (χ1n) is 10.5. The Morgan fingerprint density at radius 2 is 1.30 bits per heavy atom. The van der Waals surface area contributed by atoms with E-state index >= 15 is 0 Å². The molecule has 0 aromatic rings. The average molecular weight is 656 g/mol. The molecule has 0 spiro atoms. The Bertz CT molecular complexity index is 557. The van der Waals surface area contributed by atoms with Gasteiger partial charge in [-0.3, -0.25) is 14.1 Å². The van der Waals surface area contributed by atoms with Crippen LogP contribution in [0.5, 0.6) is 0 Å². The molecule has 30 heavy (non-hydrogen) atoms. The van der Waals surface area contributed by atoms with Crippen molar-refractivity contribution in [2.75, 3.05) is 13.2 Å². The normalized spacial score (nSPS) is 13.9. The van der Waals surface area contributed by atoms with Gasteiger partial charge in [0.15, 0.2) is 5.25 Å². The summed E-state index contributed by atoms with van der Waals surface area (Å²) in [4.78, 5) is 24.2. The monoisotopic (exact) mass is 656 g/mol. The number of unbranched alkanes of at least 4 members (excludes halogenated alkanes) is 2. The molecule has 2 radical (unpaired) electrons. The molecule has 0 rings (SSSR count). The molecule has 7 nitrogen and oxygen atoms in total. The van der Waals surface area contributed by atoms with Gasteiger partial charge >= 0.3 is 68.8 Å². The Hall–Kier alpha value is 0.772. The molecule has 0 aromatic heterocycles. The molecule has 0 saturated carbocycles. The van der Waals surface area contributed by atoms with E-state index < -0.39 is 33.7 Å². The van der Waals surface area contributed by atoms with Gasteiger partial charge in [-0.05, 0) is 24.7 Å². The Balaban J connectivity index is -0.00000364. The summed E-state index contributed by atoms with van der Waals surface area (Å²) in [6.07, 6.45) is 6.74. The number of carbonyl (C=O) groups is 2. The van der Waals surface area contributed by atoms with Crippen molar-refractivity contribution in [3.05, 3.63) is 0 Å². The molecule has 174 valence electrons. The summed E-state index contributed by atoms with van der Waals surface area (Å²) < 4.78 is 42.8. The molecule has 1 N–H and O–H groups in total. The zero-order chi connectivity index (χ0) is 21.6. The van der Waals surface area contributed by atoms with E-state index in [0.717, 1.165) is 51.4 Å². The van der Waals surface area contributed by atoms with Crippen LogP contribution in [0.25, 0.3) is 0 Å². The van der Waals surface area contributed by atoms with Crippen LogP contribution in [-0.4, -0.2) is 100 Å². The Morgan fingerprint density at radius 3 is 1.67 bits per heavy atom. The van der Waals surface area contributed by atoms with E-state index in [2.05, 4.69) is 13.8 Å². The van der Waals surface area contributed by atoms with Crippen LogP contribution in [0.4, 0.5) is 0 Å². The van der Waals surface area contributed by atoms with Gasteiger partial charge in [0.25, 0.3) is 10.1 Å². The average Bonchev–Trinajstić information content (AvgIpc) is 2.65. The zero-order valence-electron chi connectivity index (χ0n) is 18.5. The minimum absolute atomic E-state index is 0. The molecule has 0 fully saturated rings. The van der Waals surface area contributed by atoms with Crippen molar-refractivity contribution in [1.82, 2.24) is 0 Å². The fourth-order valence-electron chi connectivity index (χ4n) is 2.82. The molecule has 0 heterocycles.